The van der Waals surface area contributed by atoms with Crippen LogP contribution in [0.25, 0.3) is 0 Å². The Hall–Kier alpha value is -1.78. The second kappa shape index (κ2) is 6.11. The normalized spacial score (nSPS) is 10.3. The van der Waals surface area contributed by atoms with Crippen LogP contribution in [0.5, 0.6) is 0 Å². The molecule has 1 aromatic carbocycles. The van der Waals surface area contributed by atoms with Gasteiger partial charge in [-0.25, -0.2) is 4.98 Å². The van der Waals surface area contributed by atoms with E-state index in [0.717, 1.165) is 5.56 Å². The molecule has 104 valence electrons. The van der Waals surface area contributed by atoms with E-state index in [-0.39, 0.29) is 5.91 Å². The molecule has 2 rings (SSSR count). The zero-order valence-electron chi connectivity index (χ0n) is 10.8. The third kappa shape index (κ3) is 3.62. The summed E-state index contributed by atoms with van der Waals surface area (Å²) < 4.78 is 0. The number of hydrogen-bond donors (Lipinski definition) is 1. The van der Waals surface area contributed by atoms with Crippen LogP contribution in [0.4, 0.5) is 5.69 Å². The molecule has 20 heavy (non-hydrogen) atoms. The number of rotatable bonds is 3. The second-order valence-corrected chi connectivity index (χ2v) is 5.29. The Morgan fingerprint density at radius 1 is 1.25 bits per heavy atom. The van der Waals surface area contributed by atoms with E-state index >= 15 is 0 Å². The number of anilines is 1. The van der Waals surface area contributed by atoms with Gasteiger partial charge in [-0.15, -0.1) is 0 Å². The molecule has 0 aliphatic carbocycles. The average Bonchev–Trinajstić information content (AvgIpc) is 2.37. The Bertz CT molecular complexity index is 609. The number of aromatic nitrogens is 1. The topological polar surface area (TPSA) is 59.2 Å². The van der Waals surface area contributed by atoms with Crippen molar-refractivity contribution in [1.82, 2.24) is 9.88 Å². The first-order chi connectivity index (χ1) is 9.45. The zero-order chi connectivity index (χ0) is 14.7. The molecule has 6 heteroatoms. The molecule has 1 amide bonds. The molecule has 1 heterocycles. The van der Waals surface area contributed by atoms with Crippen LogP contribution in [0.3, 0.4) is 0 Å². The Kier molecular flexibility index (Phi) is 4.47. The molecule has 4 nitrogen and oxygen atoms in total. The van der Waals surface area contributed by atoms with E-state index in [4.69, 9.17) is 28.9 Å². The molecular weight excluding hydrogens is 297 g/mol. The largest absolute Gasteiger partial charge is 0.397 e. The van der Waals surface area contributed by atoms with Gasteiger partial charge in [-0.3, -0.25) is 4.79 Å². The summed E-state index contributed by atoms with van der Waals surface area (Å²) >= 11 is 11.9. The number of nitrogen functional groups attached to an aromatic ring is 1. The highest BCUT2D eigenvalue weighted by molar-refractivity contribution is 6.34. The van der Waals surface area contributed by atoms with Crippen molar-refractivity contribution in [2.75, 3.05) is 12.8 Å². The van der Waals surface area contributed by atoms with E-state index < -0.39 is 0 Å². The van der Waals surface area contributed by atoms with Gasteiger partial charge in [-0.2, -0.15) is 0 Å². The molecule has 2 N–H and O–H groups in total. The van der Waals surface area contributed by atoms with Gasteiger partial charge in [0.2, 0.25) is 0 Å². The summed E-state index contributed by atoms with van der Waals surface area (Å²) in [6, 6.07) is 8.43. The maximum Gasteiger partial charge on any atom is 0.272 e. The quantitative estimate of drug-likeness (QED) is 0.947. The number of pyridine rings is 1. The van der Waals surface area contributed by atoms with Crippen LogP contribution >= 0.6 is 23.2 Å². The van der Waals surface area contributed by atoms with Gasteiger partial charge in [-0.1, -0.05) is 23.2 Å². The minimum absolute atomic E-state index is 0.193. The summed E-state index contributed by atoms with van der Waals surface area (Å²) in [6.45, 7) is 0.394. The van der Waals surface area contributed by atoms with Crippen molar-refractivity contribution in [2.24, 2.45) is 0 Å². The van der Waals surface area contributed by atoms with Crippen LogP contribution < -0.4 is 5.73 Å². The van der Waals surface area contributed by atoms with Crippen LogP contribution in [-0.2, 0) is 6.54 Å². The SMILES string of the molecule is CN(Cc1cc(Cl)cc(Cl)c1)C(=O)c1ccc(N)cn1. The molecule has 2 aromatic rings. The van der Waals surface area contributed by atoms with Crippen molar-refractivity contribution < 1.29 is 4.79 Å². The Morgan fingerprint density at radius 3 is 2.45 bits per heavy atom. The molecule has 0 saturated carbocycles. The summed E-state index contributed by atoms with van der Waals surface area (Å²) in [7, 11) is 1.69. The lowest BCUT2D eigenvalue weighted by Gasteiger charge is -2.17. The van der Waals surface area contributed by atoms with Gasteiger partial charge in [0.15, 0.2) is 0 Å². The summed E-state index contributed by atoms with van der Waals surface area (Å²) in [5.74, 6) is -0.193. The molecule has 0 bridgehead atoms. The number of halogens is 2. The first-order valence-corrected chi connectivity index (χ1v) is 6.63. The molecule has 1 aromatic heterocycles. The maximum atomic E-state index is 12.2. The molecule has 0 unspecified atom stereocenters. The summed E-state index contributed by atoms with van der Waals surface area (Å²) in [4.78, 5) is 17.7. The minimum Gasteiger partial charge on any atom is -0.397 e. The monoisotopic (exact) mass is 309 g/mol. The third-order valence-electron chi connectivity index (χ3n) is 2.69. The van der Waals surface area contributed by atoms with Crippen molar-refractivity contribution in [3.63, 3.8) is 0 Å². The van der Waals surface area contributed by atoms with Gasteiger partial charge in [0.05, 0.1) is 11.9 Å². The highest BCUT2D eigenvalue weighted by atomic mass is 35.5. The highest BCUT2D eigenvalue weighted by Gasteiger charge is 2.13. The number of benzene rings is 1. The second-order valence-electron chi connectivity index (χ2n) is 4.42. The van der Waals surface area contributed by atoms with Crippen LogP contribution in [0.15, 0.2) is 36.5 Å². The maximum absolute atomic E-state index is 12.2. The molecule has 0 aliphatic heterocycles. The number of amides is 1. The van der Waals surface area contributed by atoms with Crippen molar-refractivity contribution >= 4 is 34.8 Å². The molecule has 0 atom stereocenters. The van der Waals surface area contributed by atoms with Crippen molar-refractivity contribution in [3.05, 3.63) is 57.8 Å². The van der Waals surface area contributed by atoms with Crippen molar-refractivity contribution in [1.29, 1.82) is 0 Å². The lowest BCUT2D eigenvalue weighted by Crippen LogP contribution is -2.27. The van der Waals surface area contributed by atoms with E-state index in [9.17, 15) is 4.79 Å². The summed E-state index contributed by atoms with van der Waals surface area (Å²) in [6.07, 6.45) is 1.46. The van der Waals surface area contributed by atoms with Crippen LogP contribution in [0.2, 0.25) is 10.0 Å². The number of hydrogen-bond acceptors (Lipinski definition) is 3. The van der Waals surface area contributed by atoms with E-state index in [1.807, 2.05) is 0 Å². The van der Waals surface area contributed by atoms with Crippen molar-refractivity contribution in [2.45, 2.75) is 6.54 Å². The molecule has 0 radical (unpaired) electrons. The fourth-order valence-electron chi connectivity index (χ4n) is 1.78. The lowest BCUT2D eigenvalue weighted by molar-refractivity contribution is 0.0779. The standard InChI is InChI=1S/C14H13Cl2N3O/c1-19(8-9-4-10(15)6-11(16)5-9)14(20)13-3-2-12(17)7-18-13/h2-7H,8,17H2,1H3. The van der Waals surface area contributed by atoms with Gasteiger partial charge in [0.25, 0.3) is 5.91 Å². The van der Waals surface area contributed by atoms with Crippen LogP contribution in [-0.4, -0.2) is 22.8 Å². The van der Waals surface area contributed by atoms with Gasteiger partial charge < -0.3 is 10.6 Å². The first-order valence-electron chi connectivity index (χ1n) is 5.87. The van der Waals surface area contributed by atoms with E-state index in [0.29, 0.717) is 28.0 Å². The summed E-state index contributed by atoms with van der Waals surface area (Å²) in [5.41, 5.74) is 7.26. The summed E-state index contributed by atoms with van der Waals surface area (Å²) in [5, 5.41) is 1.08. The lowest BCUT2D eigenvalue weighted by atomic mass is 10.2. The van der Waals surface area contributed by atoms with Crippen LogP contribution in [0.1, 0.15) is 16.1 Å². The fourth-order valence-corrected chi connectivity index (χ4v) is 2.35. The van der Waals surface area contributed by atoms with Crippen LogP contribution in [0, 0.1) is 0 Å². The average molecular weight is 310 g/mol. The van der Waals surface area contributed by atoms with Gasteiger partial charge in [-0.05, 0) is 35.9 Å². The zero-order valence-corrected chi connectivity index (χ0v) is 12.3. The predicted molar refractivity (Wildman–Crippen MR) is 80.9 cm³/mol. The number of carbonyl (C=O) groups is 1. The predicted octanol–water partition coefficient (Wildman–Crippen LogP) is 3.24. The van der Waals surface area contributed by atoms with Gasteiger partial charge in [0, 0.05) is 23.6 Å². The van der Waals surface area contributed by atoms with E-state index in [1.54, 1.807) is 42.3 Å². The Labute approximate surface area is 127 Å². The molecular formula is C14H13Cl2N3O. The van der Waals surface area contributed by atoms with Gasteiger partial charge >= 0.3 is 0 Å². The number of nitrogens with zero attached hydrogens (tertiary/aromatic N) is 2. The third-order valence-corrected chi connectivity index (χ3v) is 3.13. The Balaban J connectivity index is 2.13. The molecule has 0 aliphatic rings. The minimum atomic E-state index is -0.193. The smallest absolute Gasteiger partial charge is 0.272 e. The molecule has 0 fully saturated rings. The van der Waals surface area contributed by atoms with Gasteiger partial charge in [0.1, 0.15) is 5.69 Å². The number of carbonyl (C=O) groups excluding carboxylic acids is 1. The molecule has 0 spiro atoms. The number of nitrogens with two attached hydrogens (primary N) is 1. The molecule has 0 saturated heterocycles. The highest BCUT2D eigenvalue weighted by Crippen LogP contribution is 2.20. The van der Waals surface area contributed by atoms with E-state index in [1.165, 1.54) is 6.20 Å². The van der Waals surface area contributed by atoms with E-state index in [2.05, 4.69) is 4.98 Å². The van der Waals surface area contributed by atoms with Crippen molar-refractivity contribution in [3.8, 4) is 0 Å². The first kappa shape index (κ1) is 14.6. The fraction of sp³-hybridized carbons (Fsp3) is 0.143. The Morgan fingerprint density at radius 2 is 1.90 bits per heavy atom.